The highest BCUT2D eigenvalue weighted by Gasteiger charge is 2.20. The molecule has 0 aliphatic carbocycles. The highest BCUT2D eigenvalue weighted by Crippen LogP contribution is 2.38. The zero-order valence-corrected chi connectivity index (χ0v) is 13.3. The van der Waals surface area contributed by atoms with Gasteiger partial charge in [-0.05, 0) is 36.4 Å². The van der Waals surface area contributed by atoms with Crippen molar-refractivity contribution in [3.05, 3.63) is 57.8 Å². The Morgan fingerprint density at radius 1 is 1.05 bits per heavy atom. The van der Waals surface area contributed by atoms with Crippen LogP contribution in [0.4, 0.5) is 4.39 Å². The van der Waals surface area contributed by atoms with Gasteiger partial charge < -0.3 is 9.47 Å². The Morgan fingerprint density at radius 3 is 2.45 bits per heavy atom. The molecule has 0 amide bonds. The molecule has 0 saturated heterocycles. The summed E-state index contributed by atoms with van der Waals surface area (Å²) in [6, 6.07) is 9.93. The van der Waals surface area contributed by atoms with Crippen LogP contribution in [0.1, 0.15) is 16.5 Å². The third kappa shape index (κ3) is 3.07. The summed E-state index contributed by atoms with van der Waals surface area (Å²) in [5.41, 5.74) is 1.04. The number of hydrogen-bond donors (Lipinski definition) is 0. The fourth-order valence-electron chi connectivity index (χ4n) is 1.91. The van der Waals surface area contributed by atoms with Gasteiger partial charge in [-0.3, -0.25) is 0 Å². The molecule has 0 N–H and O–H groups in total. The number of hydrogen-bond acceptors (Lipinski definition) is 2. The first kappa shape index (κ1) is 15.1. The molecule has 5 heteroatoms. The molecule has 2 aromatic rings. The maximum absolute atomic E-state index is 13.9. The van der Waals surface area contributed by atoms with Crippen LogP contribution < -0.4 is 9.47 Å². The lowest BCUT2D eigenvalue weighted by atomic mass is 10.0. The topological polar surface area (TPSA) is 18.5 Å². The first-order valence-corrected chi connectivity index (χ1v) is 7.10. The molecule has 2 rings (SSSR count). The number of methoxy groups -OCH3 is 2. The molecule has 0 aliphatic rings. The van der Waals surface area contributed by atoms with Crippen LogP contribution in [0, 0.1) is 5.82 Å². The highest BCUT2D eigenvalue weighted by atomic mass is 79.9. The van der Waals surface area contributed by atoms with Gasteiger partial charge in [0.05, 0.1) is 19.6 Å². The smallest absolute Gasteiger partial charge is 0.128 e. The first-order valence-electron chi connectivity index (χ1n) is 5.87. The second-order valence-corrected chi connectivity index (χ2v) is 5.49. The van der Waals surface area contributed by atoms with Crippen molar-refractivity contribution in [3.63, 3.8) is 0 Å². The van der Waals surface area contributed by atoms with Gasteiger partial charge in [-0.15, -0.1) is 11.6 Å². The number of alkyl halides is 1. The van der Waals surface area contributed by atoms with Crippen LogP contribution in [-0.4, -0.2) is 14.2 Å². The van der Waals surface area contributed by atoms with E-state index >= 15 is 0 Å². The van der Waals surface area contributed by atoms with Gasteiger partial charge in [0.2, 0.25) is 0 Å². The Labute approximate surface area is 130 Å². The van der Waals surface area contributed by atoms with Crippen molar-refractivity contribution in [2.75, 3.05) is 14.2 Å². The van der Waals surface area contributed by atoms with Crippen molar-refractivity contribution in [2.45, 2.75) is 5.38 Å². The summed E-state index contributed by atoms with van der Waals surface area (Å²) in [5, 5.41) is -0.669. The van der Waals surface area contributed by atoms with Crippen LogP contribution in [0.25, 0.3) is 0 Å². The van der Waals surface area contributed by atoms with E-state index in [-0.39, 0.29) is 5.82 Å². The van der Waals surface area contributed by atoms with Crippen LogP contribution in [0.2, 0.25) is 0 Å². The van der Waals surface area contributed by atoms with Crippen molar-refractivity contribution < 1.29 is 13.9 Å². The Bertz CT molecular complexity index is 619. The molecular weight excluding hydrogens is 347 g/mol. The van der Waals surface area contributed by atoms with Crippen LogP contribution in [-0.2, 0) is 0 Å². The minimum Gasteiger partial charge on any atom is -0.497 e. The van der Waals surface area contributed by atoms with E-state index in [2.05, 4.69) is 15.9 Å². The van der Waals surface area contributed by atoms with Gasteiger partial charge in [-0.2, -0.15) is 0 Å². The van der Waals surface area contributed by atoms with Crippen LogP contribution >= 0.6 is 27.5 Å². The van der Waals surface area contributed by atoms with Gasteiger partial charge >= 0.3 is 0 Å². The molecular formula is C15H13BrClFO2. The van der Waals surface area contributed by atoms with Crippen LogP contribution in [0.5, 0.6) is 11.5 Å². The molecule has 0 saturated carbocycles. The molecule has 0 heterocycles. The molecule has 2 nitrogen and oxygen atoms in total. The maximum atomic E-state index is 13.9. The van der Waals surface area contributed by atoms with E-state index in [0.29, 0.717) is 22.6 Å². The first-order chi connectivity index (χ1) is 9.56. The predicted octanol–water partition coefficient (Wildman–Crippen LogP) is 4.93. The van der Waals surface area contributed by atoms with Gasteiger partial charge in [0.1, 0.15) is 17.3 Å². The lowest BCUT2D eigenvalue weighted by molar-refractivity contribution is 0.399. The zero-order chi connectivity index (χ0) is 14.7. The highest BCUT2D eigenvalue weighted by molar-refractivity contribution is 9.10. The molecule has 1 unspecified atom stereocenters. The fourth-order valence-corrected chi connectivity index (χ4v) is 2.63. The van der Waals surface area contributed by atoms with Crippen molar-refractivity contribution in [2.24, 2.45) is 0 Å². The summed E-state index contributed by atoms with van der Waals surface area (Å²) >= 11 is 9.74. The maximum Gasteiger partial charge on any atom is 0.128 e. The van der Waals surface area contributed by atoms with Gasteiger partial charge in [0, 0.05) is 15.6 Å². The summed E-state index contributed by atoms with van der Waals surface area (Å²) in [6.07, 6.45) is 0. The van der Waals surface area contributed by atoms with Gasteiger partial charge in [0.25, 0.3) is 0 Å². The quantitative estimate of drug-likeness (QED) is 0.720. The second kappa shape index (κ2) is 6.46. The number of ether oxygens (including phenoxy) is 2. The predicted molar refractivity (Wildman–Crippen MR) is 81.3 cm³/mol. The fraction of sp³-hybridized carbons (Fsp3) is 0.200. The second-order valence-electron chi connectivity index (χ2n) is 4.14. The molecule has 1 atom stereocenters. The minimum absolute atomic E-state index is 0.363. The SMILES string of the molecule is COc1ccc(OC)c(C(Cl)c2cc(Br)ccc2F)c1. The summed E-state index contributed by atoms with van der Waals surface area (Å²) in [6.45, 7) is 0. The number of benzene rings is 2. The van der Waals surface area contributed by atoms with E-state index in [1.54, 1.807) is 44.6 Å². The van der Waals surface area contributed by atoms with E-state index in [1.165, 1.54) is 6.07 Å². The third-order valence-electron chi connectivity index (χ3n) is 2.94. The van der Waals surface area contributed by atoms with Crippen LogP contribution in [0.3, 0.4) is 0 Å². The molecule has 0 aromatic heterocycles. The molecule has 20 heavy (non-hydrogen) atoms. The zero-order valence-electron chi connectivity index (χ0n) is 11.0. The molecule has 2 aromatic carbocycles. The Balaban J connectivity index is 2.51. The van der Waals surface area contributed by atoms with Crippen LogP contribution in [0.15, 0.2) is 40.9 Å². The molecule has 0 bridgehead atoms. The molecule has 0 radical (unpaired) electrons. The van der Waals surface area contributed by atoms with E-state index < -0.39 is 5.38 Å². The number of halogens is 3. The lowest BCUT2D eigenvalue weighted by Crippen LogP contribution is -2.01. The average molecular weight is 360 g/mol. The lowest BCUT2D eigenvalue weighted by Gasteiger charge is -2.16. The molecule has 0 fully saturated rings. The van der Waals surface area contributed by atoms with E-state index in [9.17, 15) is 4.39 Å². The Morgan fingerprint density at radius 2 is 1.80 bits per heavy atom. The molecule has 0 aliphatic heterocycles. The van der Waals surface area contributed by atoms with Crippen molar-refractivity contribution in [1.29, 1.82) is 0 Å². The average Bonchev–Trinajstić information content (AvgIpc) is 2.48. The number of rotatable bonds is 4. The van der Waals surface area contributed by atoms with Gasteiger partial charge in [0.15, 0.2) is 0 Å². The Hall–Kier alpha value is -1.26. The third-order valence-corrected chi connectivity index (χ3v) is 3.90. The van der Waals surface area contributed by atoms with Crippen molar-refractivity contribution in [1.82, 2.24) is 0 Å². The van der Waals surface area contributed by atoms with Crippen molar-refractivity contribution >= 4 is 27.5 Å². The minimum atomic E-state index is -0.669. The van der Waals surface area contributed by atoms with E-state index in [0.717, 1.165) is 4.47 Å². The van der Waals surface area contributed by atoms with Crippen molar-refractivity contribution in [3.8, 4) is 11.5 Å². The monoisotopic (exact) mass is 358 g/mol. The summed E-state index contributed by atoms with van der Waals surface area (Å²) in [5.74, 6) is 0.866. The van der Waals surface area contributed by atoms with Gasteiger partial charge in [-0.1, -0.05) is 15.9 Å². The van der Waals surface area contributed by atoms with E-state index in [4.69, 9.17) is 21.1 Å². The van der Waals surface area contributed by atoms with Gasteiger partial charge in [-0.25, -0.2) is 4.39 Å². The normalized spacial score (nSPS) is 12.1. The molecule has 106 valence electrons. The van der Waals surface area contributed by atoms with E-state index in [1.807, 2.05) is 0 Å². The molecule has 0 spiro atoms. The largest absolute Gasteiger partial charge is 0.497 e. The summed E-state index contributed by atoms with van der Waals surface area (Å²) in [4.78, 5) is 0. The standard InChI is InChI=1S/C15H13BrClFO2/c1-19-10-4-6-14(20-2)12(8-10)15(17)11-7-9(16)3-5-13(11)18/h3-8,15H,1-2H3. The summed E-state index contributed by atoms with van der Waals surface area (Å²) in [7, 11) is 3.11. The Kier molecular flexibility index (Phi) is 4.89. The summed E-state index contributed by atoms with van der Waals surface area (Å²) < 4.78 is 25.2.